The topological polar surface area (TPSA) is 97.3 Å². The summed E-state index contributed by atoms with van der Waals surface area (Å²) in [5.74, 6) is 0.364. The van der Waals surface area contributed by atoms with Gasteiger partial charge in [-0.25, -0.2) is 15.0 Å². The van der Waals surface area contributed by atoms with Crippen LogP contribution in [0.4, 0.5) is 5.82 Å². The number of nitrogens with two attached hydrogens (primary N) is 1. The number of fused-ring (bicyclic) bond motifs is 4. The first kappa shape index (κ1) is 19.2. The third-order valence-electron chi connectivity index (χ3n) is 6.14. The number of nitrogen functional groups attached to an aromatic ring is 1. The highest BCUT2D eigenvalue weighted by atomic mass is 16.7. The van der Waals surface area contributed by atoms with Gasteiger partial charge in [-0.2, -0.15) is 0 Å². The lowest BCUT2D eigenvalue weighted by Crippen LogP contribution is -2.53. The third-order valence-corrected chi connectivity index (χ3v) is 6.14. The van der Waals surface area contributed by atoms with Gasteiger partial charge >= 0.3 is 0 Å². The Morgan fingerprint density at radius 3 is 2.48 bits per heavy atom. The number of ether oxygens (including phenoxy) is 3. The molecule has 2 bridgehead atoms. The van der Waals surface area contributed by atoms with Crippen LogP contribution in [0.1, 0.15) is 67.0 Å². The predicted molar refractivity (Wildman–Crippen MR) is 108 cm³/mol. The van der Waals surface area contributed by atoms with Gasteiger partial charge in [0.25, 0.3) is 0 Å². The lowest BCUT2D eigenvalue weighted by molar-refractivity contribution is -0.234. The van der Waals surface area contributed by atoms with Gasteiger partial charge in [-0.15, -0.1) is 0 Å². The first-order valence-corrected chi connectivity index (χ1v) is 10.4. The normalized spacial score (nSPS) is 33.1. The van der Waals surface area contributed by atoms with E-state index in [1.54, 1.807) is 6.33 Å². The Balaban J connectivity index is 1.61. The molecule has 1 saturated carbocycles. The van der Waals surface area contributed by atoms with E-state index in [0.717, 1.165) is 19.3 Å². The van der Waals surface area contributed by atoms with E-state index in [0.29, 0.717) is 17.0 Å². The Bertz CT molecular complexity index is 955. The Morgan fingerprint density at radius 1 is 1.14 bits per heavy atom. The van der Waals surface area contributed by atoms with E-state index in [-0.39, 0.29) is 35.1 Å². The molecule has 4 heterocycles. The first-order valence-electron chi connectivity index (χ1n) is 10.4. The van der Waals surface area contributed by atoms with Crippen LogP contribution in [-0.2, 0) is 14.2 Å². The lowest BCUT2D eigenvalue weighted by Gasteiger charge is -2.43. The van der Waals surface area contributed by atoms with E-state index in [4.69, 9.17) is 19.9 Å². The summed E-state index contributed by atoms with van der Waals surface area (Å²) in [5.41, 5.74) is 6.24. The lowest BCUT2D eigenvalue weighted by atomic mass is 9.75. The van der Waals surface area contributed by atoms with E-state index in [2.05, 4.69) is 56.5 Å². The van der Waals surface area contributed by atoms with Crippen molar-refractivity contribution in [3.05, 3.63) is 12.7 Å². The molecule has 3 fully saturated rings. The van der Waals surface area contributed by atoms with Gasteiger partial charge in [-0.1, -0.05) is 20.8 Å². The van der Waals surface area contributed by atoms with E-state index in [9.17, 15) is 0 Å². The van der Waals surface area contributed by atoms with Gasteiger partial charge in [0.05, 0.1) is 11.9 Å². The van der Waals surface area contributed by atoms with Gasteiger partial charge in [0, 0.05) is 0 Å². The molecule has 8 nitrogen and oxygen atoms in total. The standard InChI is InChI=1S/C21H31N5O3/c1-18(2,3)9-21-14(28-19(4,5)6)13(27-20(21)7-8-20)17(29-21)26-11-25-12-15(22)23-10-24-16(12)26/h10-11,13-14,17H,7-9H2,1-6H3,(H2,22,23,24)/t13-,14?,17+,21+/m0/s1. The molecule has 2 aromatic heterocycles. The number of hydrogen-bond acceptors (Lipinski definition) is 7. The summed E-state index contributed by atoms with van der Waals surface area (Å²) >= 11 is 0. The number of aromatic nitrogens is 4. The summed E-state index contributed by atoms with van der Waals surface area (Å²) in [4.78, 5) is 12.9. The molecule has 1 unspecified atom stereocenters. The van der Waals surface area contributed by atoms with Gasteiger partial charge in [0.15, 0.2) is 17.7 Å². The monoisotopic (exact) mass is 401 g/mol. The maximum absolute atomic E-state index is 6.92. The van der Waals surface area contributed by atoms with Crippen molar-refractivity contribution in [3.63, 3.8) is 0 Å². The molecule has 2 aliphatic heterocycles. The van der Waals surface area contributed by atoms with Crippen LogP contribution in [0.25, 0.3) is 11.2 Å². The fourth-order valence-electron chi connectivity index (χ4n) is 5.17. The fraction of sp³-hybridized carbons (Fsp3) is 0.762. The maximum atomic E-state index is 6.92. The Kier molecular flexibility index (Phi) is 3.76. The molecular formula is C21H31N5O3. The SMILES string of the molecule is CC(C)(C)C[C@]12O[C@@H](n3cnc4c(N)ncnc43)[C@@H](OC13CC3)C2OC(C)(C)C. The van der Waals surface area contributed by atoms with Crippen LogP contribution >= 0.6 is 0 Å². The van der Waals surface area contributed by atoms with Crippen molar-refractivity contribution in [2.45, 2.75) is 96.0 Å². The van der Waals surface area contributed by atoms with Gasteiger partial charge in [-0.05, 0) is 45.4 Å². The zero-order chi connectivity index (χ0) is 20.8. The van der Waals surface area contributed by atoms with Crippen molar-refractivity contribution in [1.29, 1.82) is 0 Å². The van der Waals surface area contributed by atoms with Gasteiger partial charge in [0.2, 0.25) is 0 Å². The average molecular weight is 402 g/mol. The maximum Gasteiger partial charge on any atom is 0.167 e. The van der Waals surface area contributed by atoms with Crippen molar-refractivity contribution < 1.29 is 14.2 Å². The molecule has 8 heteroatoms. The van der Waals surface area contributed by atoms with Crippen molar-refractivity contribution in [2.75, 3.05) is 5.73 Å². The minimum absolute atomic E-state index is 0.0613. The van der Waals surface area contributed by atoms with Crippen LogP contribution in [0.5, 0.6) is 0 Å². The average Bonchev–Trinajstić information content (AvgIpc) is 3.05. The zero-order valence-corrected chi connectivity index (χ0v) is 18.1. The highest BCUT2D eigenvalue weighted by Crippen LogP contribution is 2.68. The molecule has 2 aromatic rings. The summed E-state index contributed by atoms with van der Waals surface area (Å²) in [6.45, 7) is 13.0. The second kappa shape index (κ2) is 5.68. The summed E-state index contributed by atoms with van der Waals surface area (Å²) in [7, 11) is 0. The number of rotatable bonds is 3. The molecule has 4 atom stereocenters. The van der Waals surface area contributed by atoms with E-state index < -0.39 is 5.60 Å². The highest BCUT2D eigenvalue weighted by Gasteiger charge is 2.79. The molecule has 2 N–H and O–H groups in total. The highest BCUT2D eigenvalue weighted by molar-refractivity contribution is 5.81. The molecule has 3 aliphatic rings. The number of imidazole rings is 1. The van der Waals surface area contributed by atoms with Crippen molar-refractivity contribution >= 4 is 17.0 Å². The largest absolute Gasteiger partial charge is 0.382 e. The smallest absolute Gasteiger partial charge is 0.167 e. The quantitative estimate of drug-likeness (QED) is 0.843. The van der Waals surface area contributed by atoms with Crippen LogP contribution in [0.2, 0.25) is 0 Å². The number of hydrogen-bond donors (Lipinski definition) is 1. The summed E-state index contributed by atoms with van der Waals surface area (Å²) < 4.78 is 22.2. The van der Waals surface area contributed by atoms with Crippen LogP contribution in [-0.4, -0.2) is 48.5 Å². The molecular weight excluding hydrogens is 370 g/mol. The third kappa shape index (κ3) is 2.79. The van der Waals surface area contributed by atoms with Crippen LogP contribution in [0, 0.1) is 5.41 Å². The first-order chi connectivity index (χ1) is 13.4. The number of anilines is 1. The van der Waals surface area contributed by atoms with Crippen molar-refractivity contribution in [1.82, 2.24) is 19.5 Å². The Hall–Kier alpha value is -1.77. The number of nitrogens with zero attached hydrogens (tertiary/aromatic N) is 4. The predicted octanol–water partition coefficient (Wildman–Crippen LogP) is 3.23. The van der Waals surface area contributed by atoms with Crippen molar-refractivity contribution in [3.8, 4) is 0 Å². The summed E-state index contributed by atoms with van der Waals surface area (Å²) in [6, 6.07) is 0. The molecule has 1 aliphatic carbocycles. The minimum atomic E-state index is -0.497. The molecule has 158 valence electrons. The Morgan fingerprint density at radius 2 is 1.86 bits per heavy atom. The van der Waals surface area contributed by atoms with Crippen LogP contribution < -0.4 is 5.73 Å². The van der Waals surface area contributed by atoms with Gasteiger partial charge < -0.3 is 19.9 Å². The Labute approximate surface area is 171 Å². The van der Waals surface area contributed by atoms with Crippen LogP contribution in [0.15, 0.2) is 12.7 Å². The second-order valence-corrected chi connectivity index (χ2v) is 10.9. The van der Waals surface area contributed by atoms with E-state index in [1.807, 2.05) is 4.57 Å². The van der Waals surface area contributed by atoms with Gasteiger partial charge in [0.1, 0.15) is 35.3 Å². The molecule has 29 heavy (non-hydrogen) atoms. The molecule has 5 rings (SSSR count). The molecule has 1 spiro atoms. The van der Waals surface area contributed by atoms with Gasteiger partial charge in [-0.3, -0.25) is 4.57 Å². The summed E-state index contributed by atoms with van der Waals surface area (Å²) in [6.07, 6.45) is 5.31. The van der Waals surface area contributed by atoms with Crippen LogP contribution in [0.3, 0.4) is 0 Å². The van der Waals surface area contributed by atoms with Crippen molar-refractivity contribution in [2.24, 2.45) is 5.41 Å². The molecule has 2 saturated heterocycles. The molecule has 0 aromatic carbocycles. The minimum Gasteiger partial charge on any atom is -0.382 e. The molecule has 0 radical (unpaired) electrons. The van der Waals surface area contributed by atoms with E-state index in [1.165, 1.54) is 6.33 Å². The fourth-order valence-corrected chi connectivity index (χ4v) is 5.17. The second-order valence-electron chi connectivity index (χ2n) is 10.9. The summed E-state index contributed by atoms with van der Waals surface area (Å²) in [5, 5.41) is 0. The van der Waals surface area contributed by atoms with E-state index >= 15 is 0 Å². The zero-order valence-electron chi connectivity index (χ0n) is 18.1. The molecule has 0 amide bonds.